The average molecular weight is 173 g/mol. The topological polar surface area (TPSA) is 49.8 Å². The molecule has 0 bridgehead atoms. The molecule has 4 heteroatoms. The van der Waals surface area contributed by atoms with Crippen LogP contribution in [0.4, 0.5) is 4.79 Å². The number of carbonyl (C=O) groups is 1. The quantitative estimate of drug-likeness (QED) is 0.583. The van der Waals surface area contributed by atoms with Gasteiger partial charge in [0.2, 0.25) is 0 Å². The van der Waals surface area contributed by atoms with Crippen molar-refractivity contribution in [2.75, 3.05) is 20.2 Å². The summed E-state index contributed by atoms with van der Waals surface area (Å²) in [6, 6.07) is 0. The molecule has 1 saturated heterocycles. The van der Waals surface area contributed by atoms with Gasteiger partial charge in [0.05, 0.1) is 13.2 Å². The van der Waals surface area contributed by atoms with Gasteiger partial charge in [0.1, 0.15) is 0 Å². The number of amides is 1. The van der Waals surface area contributed by atoms with Crippen LogP contribution in [0.1, 0.15) is 19.3 Å². The van der Waals surface area contributed by atoms with Crippen molar-refractivity contribution >= 4 is 6.09 Å². The van der Waals surface area contributed by atoms with Gasteiger partial charge in [0.25, 0.3) is 0 Å². The largest absolute Gasteiger partial charge is 0.453 e. The monoisotopic (exact) mass is 173 g/mol. The van der Waals surface area contributed by atoms with E-state index in [4.69, 9.17) is 0 Å². The Morgan fingerprint density at radius 3 is 2.92 bits per heavy atom. The number of nitrogens with zero attached hydrogens (tertiary/aromatic N) is 1. The maximum Gasteiger partial charge on any atom is 0.409 e. The molecule has 0 aromatic rings. The summed E-state index contributed by atoms with van der Waals surface area (Å²) in [5.41, 5.74) is 0. The molecular formula is C8H15NO3. The molecule has 0 aromatic heterocycles. The second-order valence-electron chi connectivity index (χ2n) is 3.04. The van der Waals surface area contributed by atoms with E-state index in [2.05, 4.69) is 4.74 Å². The highest BCUT2D eigenvalue weighted by Crippen LogP contribution is 2.11. The third kappa shape index (κ3) is 2.37. The van der Waals surface area contributed by atoms with Crippen molar-refractivity contribution in [1.82, 2.24) is 4.90 Å². The van der Waals surface area contributed by atoms with E-state index >= 15 is 0 Å². The first-order valence-corrected chi connectivity index (χ1v) is 4.25. The van der Waals surface area contributed by atoms with Crippen molar-refractivity contribution in [2.45, 2.75) is 25.4 Å². The summed E-state index contributed by atoms with van der Waals surface area (Å²) < 4.78 is 4.59. The van der Waals surface area contributed by atoms with Gasteiger partial charge in [-0.15, -0.1) is 0 Å². The fraction of sp³-hybridized carbons (Fsp3) is 0.875. The molecule has 0 spiro atoms. The molecule has 1 heterocycles. The number of hydrogen-bond acceptors (Lipinski definition) is 3. The van der Waals surface area contributed by atoms with Crippen LogP contribution in [0.25, 0.3) is 0 Å². The minimum atomic E-state index is -0.288. The zero-order chi connectivity index (χ0) is 8.97. The van der Waals surface area contributed by atoms with Crippen LogP contribution >= 0.6 is 0 Å². The van der Waals surface area contributed by atoms with E-state index in [1.54, 1.807) is 4.90 Å². The van der Waals surface area contributed by atoms with E-state index in [1.165, 1.54) is 7.11 Å². The number of methoxy groups -OCH3 is 1. The molecule has 1 aliphatic heterocycles. The Kier molecular flexibility index (Phi) is 3.34. The number of aliphatic hydroxyl groups is 1. The summed E-state index contributed by atoms with van der Waals surface area (Å²) in [6.07, 6.45) is 1.77. The van der Waals surface area contributed by atoms with E-state index in [9.17, 15) is 9.90 Å². The highest BCUT2D eigenvalue weighted by atomic mass is 16.5. The van der Waals surface area contributed by atoms with Crippen LogP contribution in [0.2, 0.25) is 0 Å². The maximum atomic E-state index is 11.0. The molecule has 4 nitrogen and oxygen atoms in total. The predicted octanol–water partition coefficient (Wildman–Crippen LogP) is 0.600. The molecular weight excluding hydrogens is 158 g/mol. The molecule has 1 amide bonds. The Bertz CT molecular complexity index is 160. The summed E-state index contributed by atoms with van der Waals surface area (Å²) in [6.45, 7) is 1.30. The average Bonchev–Trinajstić information content (AvgIpc) is 2.29. The van der Waals surface area contributed by atoms with Crippen molar-refractivity contribution in [3.63, 3.8) is 0 Å². The molecule has 0 radical (unpaired) electrons. The number of rotatable bonds is 0. The van der Waals surface area contributed by atoms with Gasteiger partial charge in [-0.2, -0.15) is 0 Å². The van der Waals surface area contributed by atoms with Gasteiger partial charge in [-0.3, -0.25) is 0 Å². The first-order chi connectivity index (χ1) is 5.74. The molecule has 12 heavy (non-hydrogen) atoms. The molecule has 1 unspecified atom stereocenters. The Morgan fingerprint density at radius 1 is 1.50 bits per heavy atom. The Hall–Kier alpha value is -0.770. The highest BCUT2D eigenvalue weighted by Gasteiger charge is 2.18. The van der Waals surface area contributed by atoms with Crippen LogP contribution in [0.3, 0.4) is 0 Å². The predicted molar refractivity (Wildman–Crippen MR) is 43.8 cm³/mol. The van der Waals surface area contributed by atoms with Crippen molar-refractivity contribution in [2.24, 2.45) is 0 Å². The van der Waals surface area contributed by atoms with Gasteiger partial charge < -0.3 is 14.7 Å². The third-order valence-electron chi connectivity index (χ3n) is 2.13. The molecule has 1 aliphatic rings. The molecule has 1 rings (SSSR count). The van der Waals surface area contributed by atoms with Gasteiger partial charge in [0.15, 0.2) is 0 Å². The number of carbonyl (C=O) groups excluding carboxylic acids is 1. The lowest BCUT2D eigenvalue weighted by molar-refractivity contribution is 0.120. The number of likely N-dealkylation sites (tertiary alicyclic amines) is 1. The van der Waals surface area contributed by atoms with E-state index < -0.39 is 0 Å². The van der Waals surface area contributed by atoms with Crippen LogP contribution in [0.5, 0.6) is 0 Å². The summed E-state index contributed by atoms with van der Waals surface area (Å²) in [5, 5.41) is 9.28. The first kappa shape index (κ1) is 9.32. The molecule has 70 valence electrons. The maximum absolute atomic E-state index is 11.0. The van der Waals surface area contributed by atoms with Gasteiger partial charge in [-0.1, -0.05) is 0 Å². The molecule has 0 aliphatic carbocycles. The lowest BCUT2D eigenvalue weighted by atomic mass is 10.2. The van der Waals surface area contributed by atoms with Crippen LogP contribution in [0, 0.1) is 0 Å². The van der Waals surface area contributed by atoms with Gasteiger partial charge in [-0.05, 0) is 19.3 Å². The third-order valence-corrected chi connectivity index (χ3v) is 2.13. The lowest BCUT2D eigenvalue weighted by Crippen LogP contribution is -2.31. The molecule has 1 atom stereocenters. The van der Waals surface area contributed by atoms with Crippen molar-refractivity contribution in [1.29, 1.82) is 0 Å². The first-order valence-electron chi connectivity index (χ1n) is 4.25. The van der Waals surface area contributed by atoms with E-state index in [0.717, 1.165) is 12.8 Å². The van der Waals surface area contributed by atoms with Crippen LogP contribution in [0.15, 0.2) is 0 Å². The van der Waals surface area contributed by atoms with Gasteiger partial charge in [-0.25, -0.2) is 4.79 Å². The van der Waals surface area contributed by atoms with Crippen molar-refractivity contribution in [3.8, 4) is 0 Å². The second-order valence-corrected chi connectivity index (χ2v) is 3.04. The van der Waals surface area contributed by atoms with Crippen molar-refractivity contribution < 1.29 is 14.6 Å². The van der Waals surface area contributed by atoms with Crippen LogP contribution < -0.4 is 0 Å². The minimum Gasteiger partial charge on any atom is -0.453 e. The van der Waals surface area contributed by atoms with Crippen LogP contribution in [-0.4, -0.2) is 42.4 Å². The zero-order valence-electron chi connectivity index (χ0n) is 7.32. The van der Waals surface area contributed by atoms with Gasteiger partial charge >= 0.3 is 6.09 Å². The molecule has 1 fully saturated rings. The smallest absolute Gasteiger partial charge is 0.409 e. The van der Waals surface area contributed by atoms with Crippen LogP contribution in [-0.2, 0) is 4.74 Å². The fourth-order valence-electron chi connectivity index (χ4n) is 1.39. The highest BCUT2D eigenvalue weighted by molar-refractivity contribution is 5.67. The van der Waals surface area contributed by atoms with E-state index in [0.29, 0.717) is 19.5 Å². The number of hydrogen-bond donors (Lipinski definition) is 1. The Morgan fingerprint density at radius 2 is 2.25 bits per heavy atom. The summed E-state index contributed by atoms with van der Waals surface area (Å²) in [5.74, 6) is 0. The normalized spacial score (nSPS) is 24.8. The number of aliphatic hydroxyl groups excluding tert-OH is 1. The minimum absolute atomic E-state index is 0.250. The second kappa shape index (κ2) is 4.30. The summed E-state index contributed by atoms with van der Waals surface area (Å²) in [4.78, 5) is 12.7. The number of ether oxygens (including phenoxy) is 1. The molecule has 0 saturated carbocycles. The summed E-state index contributed by atoms with van der Waals surface area (Å²) >= 11 is 0. The lowest BCUT2D eigenvalue weighted by Gasteiger charge is -2.17. The van der Waals surface area contributed by atoms with E-state index in [-0.39, 0.29) is 12.2 Å². The SMILES string of the molecule is COC(=O)N1CCCC(O)CC1. The van der Waals surface area contributed by atoms with Crippen molar-refractivity contribution in [3.05, 3.63) is 0 Å². The standard InChI is InChI=1S/C8H15NO3/c1-12-8(11)9-5-2-3-7(10)4-6-9/h7,10H,2-6H2,1H3. The summed E-state index contributed by atoms with van der Waals surface area (Å²) in [7, 11) is 1.38. The van der Waals surface area contributed by atoms with Gasteiger partial charge in [0, 0.05) is 13.1 Å². The molecule has 1 N–H and O–H groups in total. The Labute approximate surface area is 72.1 Å². The fourth-order valence-corrected chi connectivity index (χ4v) is 1.39. The Balaban J connectivity index is 2.40. The zero-order valence-corrected chi connectivity index (χ0v) is 7.32. The van der Waals surface area contributed by atoms with E-state index in [1.807, 2.05) is 0 Å². The molecule has 0 aromatic carbocycles.